The van der Waals surface area contributed by atoms with Crippen molar-refractivity contribution in [2.45, 2.75) is 7.43 Å². The maximum absolute atomic E-state index is 11.0. The molecule has 290 valence electrons. The number of nitrogens with two attached hydrogens (primary N) is 2. The number of nitrogen functional groups attached to an aromatic ring is 2. The zero-order valence-electron chi connectivity index (χ0n) is 29.4. The van der Waals surface area contributed by atoms with Gasteiger partial charge < -0.3 is 34.2 Å². The van der Waals surface area contributed by atoms with Gasteiger partial charge in [0.05, 0.1) is 38.7 Å². The van der Waals surface area contributed by atoms with Gasteiger partial charge in [-0.1, -0.05) is 43.8 Å². The van der Waals surface area contributed by atoms with Crippen LogP contribution in [0.1, 0.15) is 7.43 Å². The Morgan fingerprint density at radius 1 is 0.607 bits per heavy atom. The van der Waals surface area contributed by atoms with Crippen LogP contribution in [0.3, 0.4) is 0 Å². The molecule has 18 heteroatoms. The molecule has 6 N–H and O–H groups in total. The Hall–Kier alpha value is -8.02. The molecule has 0 spiro atoms. The van der Waals surface area contributed by atoms with Crippen molar-refractivity contribution in [2.24, 2.45) is 21.1 Å². The van der Waals surface area contributed by atoms with Crippen LogP contribution in [0.4, 0.5) is 17.1 Å². The van der Waals surface area contributed by atoms with Crippen molar-refractivity contribution in [1.82, 2.24) is 18.7 Å². The van der Waals surface area contributed by atoms with Crippen LogP contribution < -0.4 is 34.5 Å². The molecule has 0 atom stereocenters. The molecule has 56 heavy (non-hydrogen) atoms. The van der Waals surface area contributed by atoms with Crippen LogP contribution in [-0.2, 0) is 21.1 Å². The zero-order valence-corrected chi connectivity index (χ0v) is 29.4. The summed E-state index contributed by atoms with van der Waals surface area (Å²) in [5.74, 6) is -1.46. The molecule has 9 rings (SSSR count). The number of aromatic amines is 1. The highest BCUT2D eigenvalue weighted by Crippen LogP contribution is 2.19. The van der Waals surface area contributed by atoms with E-state index >= 15 is 0 Å². The first-order chi connectivity index (χ1) is 26.2. The van der Waals surface area contributed by atoms with Crippen LogP contribution in [0.25, 0.3) is 44.4 Å². The van der Waals surface area contributed by atoms with E-state index in [9.17, 15) is 29.3 Å². The highest BCUT2D eigenvalue weighted by atomic mass is 16.6. The standard InChI is InChI=1S/C8H6N2O4.C8H8N2O2.C8H7NO2.C7H5NO2.C6H7NO.CH4/c1-9-6-3-2-5(10(12)13)4-7(6)14-8(9)11;1-10-6-3-2-5(9)4-7(6)12-8(10)11;1-9-6-4-2-3-5-7(6)11-8(9)10;9-7-8-5-3-1-2-4-6(5)10-7;7-5-3-1-2-4-6(5)8;/h2-4H,1H3;2-4H,9H2,1H3;2-5H,1H3;1-4H,(H,8,9);1-4,8H,7H2;1H4. The maximum atomic E-state index is 11.0. The number of aromatic nitrogens is 4. The van der Waals surface area contributed by atoms with Crippen molar-refractivity contribution < 1.29 is 27.7 Å². The average Bonchev–Trinajstić information content (AvgIpc) is 3.87. The van der Waals surface area contributed by atoms with Crippen LogP contribution in [0, 0.1) is 10.1 Å². The molecule has 18 nitrogen and oxygen atoms in total. The van der Waals surface area contributed by atoms with Gasteiger partial charge in [0, 0.05) is 39.0 Å². The lowest BCUT2D eigenvalue weighted by atomic mass is 10.3. The summed E-state index contributed by atoms with van der Waals surface area (Å²) in [6.07, 6.45) is 0. The molecule has 0 amide bonds. The van der Waals surface area contributed by atoms with Gasteiger partial charge in [0.15, 0.2) is 22.3 Å². The molecule has 0 saturated carbocycles. The largest absolute Gasteiger partial charge is 0.506 e. The fourth-order valence-electron chi connectivity index (χ4n) is 4.85. The number of aromatic hydroxyl groups is 1. The summed E-state index contributed by atoms with van der Waals surface area (Å²) in [7, 11) is 4.89. The summed E-state index contributed by atoms with van der Waals surface area (Å²) >= 11 is 0. The van der Waals surface area contributed by atoms with E-state index in [4.69, 9.17) is 34.2 Å². The number of benzene rings is 5. The third-order valence-corrected chi connectivity index (χ3v) is 7.76. The number of non-ortho nitro benzene ring substituents is 1. The lowest BCUT2D eigenvalue weighted by molar-refractivity contribution is -0.384. The van der Waals surface area contributed by atoms with E-state index in [1.54, 1.807) is 81.8 Å². The van der Waals surface area contributed by atoms with Crippen molar-refractivity contribution in [3.8, 4) is 5.75 Å². The normalized spacial score (nSPS) is 10.2. The van der Waals surface area contributed by atoms with Gasteiger partial charge in [0.1, 0.15) is 5.75 Å². The van der Waals surface area contributed by atoms with Gasteiger partial charge in [-0.05, 0) is 54.6 Å². The number of rotatable bonds is 1. The third kappa shape index (κ3) is 9.50. The number of phenolic OH excluding ortho intramolecular Hbond substituents is 1. The SMILES string of the molecule is C.Cn1c(=O)oc2cc(N)ccc21.Cn1c(=O)oc2cc([N+](=O)[O-])ccc21.Cn1c(=O)oc2ccccc21.Nc1ccccc1O.O=c1[nH]c2ccccc2o1. The first kappa shape index (κ1) is 40.7. The highest BCUT2D eigenvalue weighted by Gasteiger charge is 2.11. The summed E-state index contributed by atoms with van der Waals surface area (Å²) in [5.41, 5.74) is 16.6. The van der Waals surface area contributed by atoms with Gasteiger partial charge in [-0.3, -0.25) is 28.8 Å². The number of para-hydroxylation sites is 6. The van der Waals surface area contributed by atoms with Gasteiger partial charge >= 0.3 is 23.0 Å². The topological polar surface area (TPSA) is 267 Å². The predicted octanol–water partition coefficient (Wildman–Crippen LogP) is 5.62. The molecule has 0 saturated heterocycles. The molecule has 9 aromatic rings. The summed E-state index contributed by atoms with van der Waals surface area (Å²) in [6.45, 7) is 0. The van der Waals surface area contributed by atoms with Crippen LogP contribution in [0.5, 0.6) is 5.75 Å². The molecule has 0 aliphatic carbocycles. The van der Waals surface area contributed by atoms with E-state index in [1.807, 2.05) is 30.3 Å². The lowest BCUT2D eigenvalue weighted by Gasteiger charge is -1.92. The predicted molar refractivity (Wildman–Crippen MR) is 212 cm³/mol. The average molecular weight is 768 g/mol. The molecular weight excluding hydrogens is 730 g/mol. The lowest BCUT2D eigenvalue weighted by Crippen LogP contribution is -2.08. The van der Waals surface area contributed by atoms with Gasteiger partial charge in [0.2, 0.25) is 0 Å². The van der Waals surface area contributed by atoms with E-state index in [0.29, 0.717) is 33.6 Å². The number of phenols is 1. The van der Waals surface area contributed by atoms with Crippen LogP contribution in [0.15, 0.2) is 146 Å². The second kappa shape index (κ2) is 17.7. The quantitative estimate of drug-likeness (QED) is 0.0685. The Morgan fingerprint density at radius 3 is 1.62 bits per heavy atom. The van der Waals surface area contributed by atoms with Gasteiger partial charge in [-0.15, -0.1) is 0 Å². The van der Waals surface area contributed by atoms with E-state index < -0.39 is 16.4 Å². The number of nitro groups is 1. The number of H-pyrrole nitrogens is 1. The van der Waals surface area contributed by atoms with Crippen molar-refractivity contribution in [2.75, 3.05) is 11.5 Å². The van der Waals surface area contributed by atoms with Crippen molar-refractivity contribution in [3.63, 3.8) is 0 Å². The van der Waals surface area contributed by atoms with Crippen molar-refractivity contribution in [3.05, 3.63) is 162 Å². The number of nitro benzene ring substituents is 1. The van der Waals surface area contributed by atoms with E-state index in [2.05, 4.69) is 4.98 Å². The molecule has 0 aliphatic heterocycles. The fourth-order valence-corrected chi connectivity index (χ4v) is 4.85. The molecule has 4 heterocycles. The maximum Gasteiger partial charge on any atom is 0.419 e. The molecule has 0 aliphatic rings. The monoisotopic (exact) mass is 767 g/mol. The Balaban J connectivity index is 0.000000156. The van der Waals surface area contributed by atoms with E-state index in [1.165, 1.54) is 31.9 Å². The summed E-state index contributed by atoms with van der Waals surface area (Å²) in [5, 5.41) is 19.2. The highest BCUT2D eigenvalue weighted by molar-refractivity contribution is 5.77. The molecule has 5 aromatic carbocycles. The Bertz CT molecular complexity index is 2940. The Kier molecular flexibility index (Phi) is 12.9. The molecule has 0 unspecified atom stereocenters. The second-order valence-corrected chi connectivity index (χ2v) is 11.5. The number of anilines is 2. The molecule has 0 radical (unpaired) electrons. The van der Waals surface area contributed by atoms with Gasteiger partial charge in [0.25, 0.3) is 5.69 Å². The number of oxazole rings is 4. The fraction of sp³-hybridized carbons (Fsp3) is 0.105. The van der Waals surface area contributed by atoms with Gasteiger partial charge in [-0.25, -0.2) is 19.2 Å². The number of hydrogen-bond donors (Lipinski definition) is 4. The summed E-state index contributed by atoms with van der Waals surface area (Å²) in [4.78, 5) is 56.0. The van der Waals surface area contributed by atoms with E-state index in [-0.39, 0.29) is 36.0 Å². The molecule has 0 fully saturated rings. The minimum Gasteiger partial charge on any atom is -0.506 e. The third-order valence-electron chi connectivity index (χ3n) is 7.76. The number of nitrogens with zero attached hydrogens (tertiary/aromatic N) is 4. The first-order valence-electron chi connectivity index (χ1n) is 16.0. The molecule has 0 bridgehead atoms. The van der Waals surface area contributed by atoms with E-state index in [0.717, 1.165) is 16.6 Å². The number of hydrogen-bond acceptors (Lipinski definition) is 13. The summed E-state index contributed by atoms with van der Waals surface area (Å²) in [6, 6.07) is 30.4. The van der Waals surface area contributed by atoms with Crippen molar-refractivity contribution >= 4 is 61.5 Å². The minimum absolute atomic E-state index is 0. The second-order valence-electron chi connectivity index (χ2n) is 11.5. The minimum atomic E-state index is -0.535. The Morgan fingerprint density at radius 2 is 1.09 bits per heavy atom. The van der Waals surface area contributed by atoms with Gasteiger partial charge in [-0.2, -0.15) is 0 Å². The van der Waals surface area contributed by atoms with Crippen molar-refractivity contribution in [1.29, 1.82) is 0 Å². The first-order valence-corrected chi connectivity index (χ1v) is 16.0. The molecule has 4 aromatic heterocycles. The number of fused-ring (bicyclic) bond motifs is 4. The molecular formula is C38H37N7O11. The zero-order chi connectivity index (χ0) is 39.8. The number of nitrogens with one attached hydrogen (secondary N) is 1. The summed E-state index contributed by atoms with van der Waals surface area (Å²) < 4.78 is 23.6. The number of aryl methyl sites for hydroxylation is 3. The Labute approximate surface area is 314 Å². The van der Waals surface area contributed by atoms with Crippen LogP contribution in [-0.4, -0.2) is 28.7 Å². The smallest absolute Gasteiger partial charge is 0.419 e. The van der Waals surface area contributed by atoms with Crippen LogP contribution >= 0.6 is 0 Å². The van der Waals surface area contributed by atoms with Crippen LogP contribution in [0.2, 0.25) is 0 Å².